The minimum Gasteiger partial charge on any atom is -0.399 e. The Kier molecular flexibility index (Phi) is 6.29. The quantitative estimate of drug-likeness (QED) is 0.197. The molecule has 0 bridgehead atoms. The summed E-state index contributed by atoms with van der Waals surface area (Å²) in [4.78, 5) is 21.1. The Morgan fingerprint density at radius 1 is 0.947 bits per heavy atom. The van der Waals surface area contributed by atoms with E-state index in [2.05, 4.69) is 30.8 Å². The van der Waals surface area contributed by atoms with Crippen LogP contribution < -0.4 is 22.1 Å². The molecule has 0 unspecified atom stereocenters. The highest BCUT2D eigenvalue weighted by molar-refractivity contribution is 6.07. The first-order chi connectivity index (χ1) is 18.2. The van der Waals surface area contributed by atoms with E-state index in [1.807, 2.05) is 30.3 Å². The maximum Gasteiger partial charge on any atom is 0.417 e. The van der Waals surface area contributed by atoms with E-state index in [0.717, 1.165) is 22.8 Å². The summed E-state index contributed by atoms with van der Waals surface area (Å²) in [5, 5.41) is 13.0. The van der Waals surface area contributed by atoms with Crippen LogP contribution in [0.1, 0.15) is 21.5 Å². The van der Waals surface area contributed by atoms with E-state index in [9.17, 15) is 18.0 Å². The highest BCUT2D eigenvalue weighted by Crippen LogP contribution is 2.31. The average molecular weight is 519 g/mol. The van der Waals surface area contributed by atoms with Crippen LogP contribution in [0, 0.1) is 0 Å². The fraction of sp³-hybridized carbons (Fsp3) is 0.0769. The van der Waals surface area contributed by atoms with Crippen molar-refractivity contribution < 1.29 is 18.0 Å². The van der Waals surface area contributed by atoms with Gasteiger partial charge in [0.05, 0.1) is 16.5 Å². The molecule has 0 atom stereocenters. The summed E-state index contributed by atoms with van der Waals surface area (Å²) in [6.07, 6.45) is -2.28. The normalized spacial score (nSPS) is 11.4. The lowest BCUT2D eigenvalue weighted by Crippen LogP contribution is -2.18. The molecule has 3 heterocycles. The second-order valence-corrected chi connectivity index (χ2v) is 8.48. The number of nitrogen functional groups attached to an aromatic ring is 2. The SMILES string of the molecule is Nc1cccc(NC(=O)c2cc(C(F)(F)F)cnc2NCc2ccc(-c3cnc4n[nH]c(N)c4c3)cc2)c1. The molecule has 3 aromatic heterocycles. The number of hydrogen-bond acceptors (Lipinski definition) is 7. The van der Waals surface area contributed by atoms with E-state index in [1.165, 1.54) is 6.07 Å². The van der Waals surface area contributed by atoms with E-state index in [1.54, 1.807) is 24.4 Å². The molecule has 1 amide bonds. The van der Waals surface area contributed by atoms with Crippen LogP contribution in [-0.4, -0.2) is 26.1 Å². The molecule has 0 aliphatic rings. The van der Waals surface area contributed by atoms with E-state index in [4.69, 9.17) is 11.5 Å². The molecular weight excluding hydrogens is 497 g/mol. The number of aromatic nitrogens is 4. The predicted molar refractivity (Wildman–Crippen MR) is 139 cm³/mol. The van der Waals surface area contributed by atoms with Crippen LogP contribution in [0.4, 0.5) is 36.2 Å². The van der Waals surface area contributed by atoms with E-state index >= 15 is 0 Å². The van der Waals surface area contributed by atoms with E-state index in [-0.39, 0.29) is 17.9 Å². The number of nitrogens with two attached hydrogens (primary N) is 2. The molecule has 12 heteroatoms. The maximum atomic E-state index is 13.3. The van der Waals surface area contributed by atoms with Gasteiger partial charge in [0.1, 0.15) is 11.6 Å². The van der Waals surface area contributed by atoms with Gasteiger partial charge in [0.2, 0.25) is 0 Å². The Bertz CT molecular complexity index is 1630. The van der Waals surface area contributed by atoms with Crippen molar-refractivity contribution in [2.24, 2.45) is 0 Å². The first-order valence-electron chi connectivity index (χ1n) is 11.3. The van der Waals surface area contributed by atoms with Crippen molar-refractivity contribution in [1.82, 2.24) is 20.2 Å². The Balaban J connectivity index is 1.36. The van der Waals surface area contributed by atoms with E-state index < -0.39 is 17.6 Å². The standard InChI is InChI=1S/C26H21F3N8O/c27-26(28,29)17-9-21(25(38)35-19-3-1-2-18(30)10-19)23(34-13-17)32-11-14-4-6-15(7-5-14)16-8-20-22(31)36-37-24(20)33-12-16/h1-10,12-13H,11,30H2,(H,32,34)(H,35,38)(H3,31,33,36,37). The van der Waals surface area contributed by atoms with Gasteiger partial charge in [-0.05, 0) is 41.5 Å². The van der Waals surface area contributed by atoms with Gasteiger partial charge >= 0.3 is 6.18 Å². The summed E-state index contributed by atoms with van der Waals surface area (Å²) in [5.74, 6) is -0.322. The molecule has 0 spiro atoms. The molecule has 5 rings (SSSR count). The summed E-state index contributed by atoms with van der Waals surface area (Å²) in [6, 6.07) is 16.4. The largest absolute Gasteiger partial charge is 0.417 e. The molecule has 0 fully saturated rings. The first kappa shape index (κ1) is 24.6. The maximum absolute atomic E-state index is 13.3. The first-order valence-corrected chi connectivity index (χ1v) is 11.3. The topological polar surface area (TPSA) is 148 Å². The van der Waals surface area contributed by atoms with Crippen LogP contribution in [0.2, 0.25) is 0 Å². The molecule has 0 saturated heterocycles. The Morgan fingerprint density at radius 2 is 1.74 bits per heavy atom. The van der Waals surface area contributed by atoms with Gasteiger partial charge < -0.3 is 22.1 Å². The highest BCUT2D eigenvalue weighted by atomic mass is 19.4. The number of rotatable bonds is 6. The number of nitrogens with one attached hydrogen (secondary N) is 3. The number of carbonyl (C=O) groups excluding carboxylic acids is 1. The van der Waals surface area contributed by atoms with Crippen molar-refractivity contribution in [3.8, 4) is 11.1 Å². The summed E-state index contributed by atoms with van der Waals surface area (Å²) in [7, 11) is 0. The molecule has 5 aromatic rings. The lowest BCUT2D eigenvalue weighted by Gasteiger charge is -2.15. The van der Waals surface area contributed by atoms with Gasteiger partial charge in [-0.25, -0.2) is 9.97 Å². The Labute approximate surface area is 214 Å². The van der Waals surface area contributed by atoms with Crippen LogP contribution in [0.25, 0.3) is 22.2 Å². The lowest BCUT2D eigenvalue weighted by molar-refractivity contribution is -0.137. The van der Waals surface area contributed by atoms with Crippen LogP contribution in [0.15, 0.2) is 73.1 Å². The molecule has 7 N–H and O–H groups in total. The van der Waals surface area contributed by atoms with Crippen LogP contribution >= 0.6 is 0 Å². The number of anilines is 4. The molecule has 192 valence electrons. The summed E-state index contributed by atoms with van der Waals surface area (Å²) < 4.78 is 40.0. The molecule has 0 aliphatic heterocycles. The third kappa shape index (κ3) is 5.19. The predicted octanol–water partition coefficient (Wildman–Crippen LogP) is 5.07. The molecule has 38 heavy (non-hydrogen) atoms. The van der Waals surface area contributed by atoms with Gasteiger partial charge in [0.15, 0.2) is 5.65 Å². The second kappa shape index (κ2) is 9.73. The van der Waals surface area contributed by atoms with Crippen molar-refractivity contribution >= 4 is 40.0 Å². The van der Waals surface area contributed by atoms with Crippen molar-refractivity contribution in [3.63, 3.8) is 0 Å². The number of H-pyrrole nitrogens is 1. The summed E-state index contributed by atoms with van der Waals surface area (Å²) in [5.41, 5.74) is 14.1. The number of hydrogen-bond donors (Lipinski definition) is 5. The number of aromatic amines is 1. The number of benzene rings is 2. The van der Waals surface area contributed by atoms with Crippen molar-refractivity contribution in [1.29, 1.82) is 0 Å². The van der Waals surface area contributed by atoms with Gasteiger partial charge in [-0.2, -0.15) is 18.3 Å². The smallest absolute Gasteiger partial charge is 0.399 e. The van der Waals surface area contributed by atoms with Crippen LogP contribution in [0.5, 0.6) is 0 Å². The highest BCUT2D eigenvalue weighted by Gasteiger charge is 2.32. The van der Waals surface area contributed by atoms with Gasteiger partial charge in [-0.3, -0.25) is 9.89 Å². The Morgan fingerprint density at radius 3 is 2.47 bits per heavy atom. The number of alkyl halides is 3. The number of carbonyl (C=O) groups is 1. The third-order valence-electron chi connectivity index (χ3n) is 5.79. The van der Waals surface area contributed by atoms with E-state index in [0.29, 0.717) is 34.4 Å². The van der Waals surface area contributed by atoms with Gasteiger partial charge in [-0.1, -0.05) is 30.3 Å². The van der Waals surface area contributed by atoms with Gasteiger partial charge in [0, 0.05) is 35.9 Å². The zero-order valence-corrected chi connectivity index (χ0v) is 19.7. The zero-order valence-electron chi connectivity index (χ0n) is 19.7. The number of nitrogens with zero attached hydrogens (tertiary/aromatic N) is 3. The van der Waals surface area contributed by atoms with Crippen LogP contribution in [-0.2, 0) is 12.7 Å². The molecule has 2 aromatic carbocycles. The molecule has 0 saturated carbocycles. The fourth-order valence-corrected chi connectivity index (χ4v) is 3.83. The minimum absolute atomic E-state index is 0.00793. The summed E-state index contributed by atoms with van der Waals surface area (Å²) in [6.45, 7) is 0.211. The zero-order chi connectivity index (χ0) is 26.9. The molecule has 9 nitrogen and oxygen atoms in total. The van der Waals surface area contributed by atoms with Crippen molar-refractivity contribution in [2.45, 2.75) is 12.7 Å². The fourth-order valence-electron chi connectivity index (χ4n) is 3.83. The summed E-state index contributed by atoms with van der Waals surface area (Å²) >= 11 is 0. The van der Waals surface area contributed by atoms with Crippen LogP contribution in [0.3, 0.4) is 0 Å². The van der Waals surface area contributed by atoms with Crippen molar-refractivity contribution in [2.75, 3.05) is 22.1 Å². The molecular formula is C26H21F3N8O. The lowest BCUT2D eigenvalue weighted by atomic mass is 10.0. The second-order valence-electron chi connectivity index (χ2n) is 8.48. The average Bonchev–Trinajstić information content (AvgIpc) is 3.27. The number of pyridine rings is 2. The Hall–Kier alpha value is -5.13. The van der Waals surface area contributed by atoms with Gasteiger partial charge in [-0.15, -0.1) is 0 Å². The number of halogens is 3. The molecule has 0 aliphatic carbocycles. The minimum atomic E-state index is -4.66. The van der Waals surface area contributed by atoms with Gasteiger partial charge in [0.25, 0.3) is 5.91 Å². The number of amides is 1. The number of fused-ring (bicyclic) bond motifs is 1. The third-order valence-corrected chi connectivity index (χ3v) is 5.79. The monoisotopic (exact) mass is 518 g/mol. The van der Waals surface area contributed by atoms with Crippen molar-refractivity contribution in [3.05, 3.63) is 89.7 Å². The molecule has 0 radical (unpaired) electrons.